The SMILES string of the molecule is Cc1cc([C@H](C)N[C@H]2CCN(c3cnn(C)c3)C2=O)c(C)s1. The van der Waals surface area contributed by atoms with Crippen LogP contribution in [0, 0.1) is 13.8 Å². The van der Waals surface area contributed by atoms with Gasteiger partial charge in [-0.05, 0) is 38.8 Å². The minimum Gasteiger partial charge on any atom is -0.308 e. The quantitative estimate of drug-likeness (QED) is 0.942. The third-order valence-electron chi connectivity index (χ3n) is 4.21. The molecule has 2 aromatic rings. The van der Waals surface area contributed by atoms with E-state index in [1.54, 1.807) is 10.9 Å². The second kappa shape index (κ2) is 5.85. The molecular weight excluding hydrogens is 296 g/mol. The highest BCUT2D eigenvalue weighted by Crippen LogP contribution is 2.28. The second-order valence-corrected chi connectivity index (χ2v) is 7.42. The molecule has 3 heterocycles. The maximum absolute atomic E-state index is 12.6. The van der Waals surface area contributed by atoms with Crippen LogP contribution in [0.2, 0.25) is 0 Å². The van der Waals surface area contributed by atoms with E-state index in [-0.39, 0.29) is 18.0 Å². The first kappa shape index (κ1) is 15.2. The van der Waals surface area contributed by atoms with Crippen LogP contribution in [0.4, 0.5) is 5.69 Å². The summed E-state index contributed by atoms with van der Waals surface area (Å²) in [4.78, 5) is 17.1. The van der Waals surface area contributed by atoms with Gasteiger partial charge in [0.1, 0.15) is 0 Å². The van der Waals surface area contributed by atoms with Crippen LogP contribution in [0.15, 0.2) is 18.5 Å². The number of hydrogen-bond donors (Lipinski definition) is 1. The molecular formula is C16H22N4OS. The molecule has 1 saturated heterocycles. The Kier molecular flexibility index (Phi) is 4.06. The molecule has 0 bridgehead atoms. The number of aromatic nitrogens is 2. The number of hydrogen-bond acceptors (Lipinski definition) is 4. The van der Waals surface area contributed by atoms with E-state index >= 15 is 0 Å². The number of nitrogens with zero attached hydrogens (tertiary/aromatic N) is 3. The van der Waals surface area contributed by atoms with Crippen LogP contribution < -0.4 is 10.2 Å². The molecule has 0 saturated carbocycles. The van der Waals surface area contributed by atoms with Gasteiger partial charge >= 0.3 is 0 Å². The first-order valence-corrected chi connectivity index (χ1v) is 8.40. The second-order valence-electron chi connectivity index (χ2n) is 5.96. The first-order valence-electron chi connectivity index (χ1n) is 7.58. The van der Waals surface area contributed by atoms with Crippen molar-refractivity contribution in [2.75, 3.05) is 11.4 Å². The van der Waals surface area contributed by atoms with Gasteiger partial charge in [0.25, 0.3) is 0 Å². The minimum absolute atomic E-state index is 0.116. The Bertz CT molecular complexity index is 690. The van der Waals surface area contributed by atoms with Crippen molar-refractivity contribution in [2.24, 2.45) is 7.05 Å². The van der Waals surface area contributed by atoms with Crippen molar-refractivity contribution >= 4 is 22.9 Å². The molecule has 0 spiro atoms. The monoisotopic (exact) mass is 318 g/mol. The zero-order chi connectivity index (χ0) is 15.9. The van der Waals surface area contributed by atoms with Crippen LogP contribution in [0.3, 0.4) is 0 Å². The van der Waals surface area contributed by atoms with Crippen LogP contribution in [0.1, 0.15) is 34.7 Å². The molecule has 118 valence electrons. The highest BCUT2D eigenvalue weighted by molar-refractivity contribution is 7.12. The first-order chi connectivity index (χ1) is 10.5. The van der Waals surface area contributed by atoms with Crippen molar-refractivity contribution < 1.29 is 4.79 Å². The molecule has 1 aliphatic rings. The van der Waals surface area contributed by atoms with Crippen LogP contribution in [0.25, 0.3) is 0 Å². The van der Waals surface area contributed by atoms with E-state index in [4.69, 9.17) is 0 Å². The van der Waals surface area contributed by atoms with Gasteiger partial charge < -0.3 is 4.90 Å². The number of carbonyl (C=O) groups is 1. The summed E-state index contributed by atoms with van der Waals surface area (Å²) in [5.41, 5.74) is 2.18. The molecule has 1 aliphatic heterocycles. The predicted octanol–water partition coefficient (Wildman–Crippen LogP) is 2.55. The average molecular weight is 318 g/mol. The Labute approximate surface area is 134 Å². The highest BCUT2D eigenvalue weighted by Gasteiger charge is 2.34. The number of thiophene rings is 1. The van der Waals surface area contributed by atoms with E-state index in [0.717, 1.165) is 18.7 Å². The van der Waals surface area contributed by atoms with E-state index < -0.39 is 0 Å². The van der Waals surface area contributed by atoms with Crippen LogP contribution in [-0.2, 0) is 11.8 Å². The Morgan fingerprint density at radius 1 is 1.45 bits per heavy atom. The summed E-state index contributed by atoms with van der Waals surface area (Å²) in [5.74, 6) is 0.143. The lowest BCUT2D eigenvalue weighted by atomic mass is 10.1. The molecule has 2 atom stereocenters. The van der Waals surface area contributed by atoms with Gasteiger partial charge in [0, 0.05) is 35.6 Å². The molecule has 1 fully saturated rings. The Balaban J connectivity index is 1.69. The van der Waals surface area contributed by atoms with Crippen molar-refractivity contribution in [2.45, 2.75) is 39.3 Å². The lowest BCUT2D eigenvalue weighted by Crippen LogP contribution is -2.39. The number of rotatable bonds is 4. The summed E-state index contributed by atoms with van der Waals surface area (Å²) < 4.78 is 1.73. The highest BCUT2D eigenvalue weighted by atomic mass is 32.1. The summed E-state index contributed by atoms with van der Waals surface area (Å²) in [6.07, 6.45) is 4.46. The van der Waals surface area contributed by atoms with Crippen molar-refractivity contribution in [1.82, 2.24) is 15.1 Å². The van der Waals surface area contributed by atoms with Crippen LogP contribution in [0.5, 0.6) is 0 Å². The van der Waals surface area contributed by atoms with Gasteiger partial charge in [0.2, 0.25) is 5.91 Å². The topological polar surface area (TPSA) is 50.2 Å². The van der Waals surface area contributed by atoms with E-state index in [1.807, 2.05) is 29.5 Å². The normalized spacial score (nSPS) is 19.9. The molecule has 1 amide bonds. The summed E-state index contributed by atoms with van der Waals surface area (Å²) in [7, 11) is 1.86. The summed E-state index contributed by atoms with van der Waals surface area (Å²) in [6.45, 7) is 7.15. The van der Waals surface area contributed by atoms with Crippen molar-refractivity contribution in [3.05, 3.63) is 33.8 Å². The lowest BCUT2D eigenvalue weighted by Gasteiger charge is -2.19. The molecule has 3 rings (SSSR count). The summed E-state index contributed by atoms with van der Waals surface area (Å²) >= 11 is 1.81. The molecule has 5 nitrogen and oxygen atoms in total. The van der Waals surface area contributed by atoms with E-state index in [0.29, 0.717) is 0 Å². The Hall–Kier alpha value is -1.66. The van der Waals surface area contributed by atoms with Crippen molar-refractivity contribution in [3.8, 4) is 0 Å². The predicted molar refractivity (Wildman–Crippen MR) is 89.3 cm³/mol. The van der Waals surface area contributed by atoms with Crippen molar-refractivity contribution in [3.63, 3.8) is 0 Å². The van der Waals surface area contributed by atoms with Gasteiger partial charge in [-0.2, -0.15) is 5.10 Å². The van der Waals surface area contributed by atoms with Gasteiger partial charge in [-0.25, -0.2) is 0 Å². The third kappa shape index (κ3) is 2.80. The fourth-order valence-corrected chi connectivity index (χ4v) is 4.13. The number of aryl methyl sites for hydroxylation is 3. The largest absolute Gasteiger partial charge is 0.308 e. The molecule has 0 aromatic carbocycles. The van der Waals surface area contributed by atoms with E-state index in [9.17, 15) is 4.79 Å². The van der Waals surface area contributed by atoms with Crippen LogP contribution in [-0.4, -0.2) is 28.3 Å². The Morgan fingerprint density at radius 2 is 2.23 bits per heavy atom. The Morgan fingerprint density at radius 3 is 2.82 bits per heavy atom. The molecule has 0 aliphatic carbocycles. The lowest BCUT2D eigenvalue weighted by molar-refractivity contribution is -0.119. The molecule has 22 heavy (non-hydrogen) atoms. The van der Waals surface area contributed by atoms with Gasteiger partial charge in [0.15, 0.2) is 0 Å². The van der Waals surface area contributed by atoms with Crippen LogP contribution >= 0.6 is 11.3 Å². The van der Waals surface area contributed by atoms with E-state index in [2.05, 4.69) is 37.3 Å². The summed E-state index contributed by atoms with van der Waals surface area (Å²) in [5, 5.41) is 7.64. The number of carbonyl (C=O) groups excluding carboxylic acids is 1. The maximum atomic E-state index is 12.6. The number of amides is 1. The van der Waals surface area contributed by atoms with Crippen molar-refractivity contribution in [1.29, 1.82) is 0 Å². The smallest absolute Gasteiger partial charge is 0.244 e. The van der Waals surface area contributed by atoms with Gasteiger partial charge in [-0.1, -0.05) is 0 Å². The standard InChI is InChI=1S/C16H22N4OS/c1-10-7-14(12(3)22-10)11(2)18-15-5-6-20(16(15)21)13-8-17-19(4)9-13/h7-9,11,15,18H,5-6H2,1-4H3/t11-,15-/m0/s1. The zero-order valence-corrected chi connectivity index (χ0v) is 14.3. The average Bonchev–Trinajstić information content (AvgIpc) is 3.11. The minimum atomic E-state index is -0.116. The zero-order valence-electron chi connectivity index (χ0n) is 13.5. The van der Waals surface area contributed by atoms with E-state index in [1.165, 1.54) is 15.3 Å². The molecule has 0 radical (unpaired) electrons. The van der Waals surface area contributed by atoms with Gasteiger partial charge in [0.05, 0.1) is 17.9 Å². The molecule has 0 unspecified atom stereocenters. The number of anilines is 1. The molecule has 2 aromatic heterocycles. The third-order valence-corrected chi connectivity index (χ3v) is 5.19. The fourth-order valence-electron chi connectivity index (χ4n) is 3.11. The molecule has 6 heteroatoms. The molecule has 1 N–H and O–H groups in total. The maximum Gasteiger partial charge on any atom is 0.244 e. The fraction of sp³-hybridized carbons (Fsp3) is 0.500. The summed E-state index contributed by atoms with van der Waals surface area (Å²) in [6, 6.07) is 2.29. The van der Waals surface area contributed by atoms with Gasteiger partial charge in [-0.3, -0.25) is 14.8 Å². The van der Waals surface area contributed by atoms with Gasteiger partial charge in [-0.15, -0.1) is 11.3 Å². The number of nitrogens with one attached hydrogen (secondary N) is 1.